The Labute approximate surface area is 111 Å². The van der Waals surface area contributed by atoms with Gasteiger partial charge in [0.05, 0.1) is 4.47 Å². The van der Waals surface area contributed by atoms with Gasteiger partial charge in [0.2, 0.25) is 0 Å². The molecule has 17 heavy (non-hydrogen) atoms. The predicted octanol–water partition coefficient (Wildman–Crippen LogP) is 3.30. The summed E-state index contributed by atoms with van der Waals surface area (Å²) < 4.78 is 2.24. The first-order chi connectivity index (χ1) is 8.17. The summed E-state index contributed by atoms with van der Waals surface area (Å²) in [6.45, 7) is 7.35. The van der Waals surface area contributed by atoms with Gasteiger partial charge < -0.3 is 0 Å². The van der Waals surface area contributed by atoms with Gasteiger partial charge in [0.1, 0.15) is 0 Å². The molecule has 0 saturated heterocycles. The molecule has 0 aromatic carbocycles. The summed E-state index contributed by atoms with van der Waals surface area (Å²) in [5, 5.41) is 12.6. The number of hydrogen-bond acceptors (Lipinski definition) is 3. The third kappa shape index (κ3) is 2.16. The Hall–Kier alpha value is -1.46. The van der Waals surface area contributed by atoms with Gasteiger partial charge in [-0.15, -0.1) is 10.2 Å². The predicted molar refractivity (Wildman–Crippen MR) is 71.9 cm³/mol. The summed E-state index contributed by atoms with van der Waals surface area (Å²) in [4.78, 5) is 0. The van der Waals surface area contributed by atoms with Crippen LogP contribution < -0.4 is 0 Å². The average Bonchev–Trinajstić information content (AvgIpc) is 2.70. The molecule has 0 amide bonds. The van der Waals surface area contributed by atoms with E-state index < -0.39 is 0 Å². The second-order valence-electron chi connectivity index (χ2n) is 3.14. The van der Waals surface area contributed by atoms with Gasteiger partial charge in [0.15, 0.2) is 16.6 Å². The van der Waals surface area contributed by atoms with Crippen molar-refractivity contribution in [2.24, 2.45) is 0 Å². The van der Waals surface area contributed by atoms with E-state index in [2.05, 4.69) is 44.4 Å². The molecule has 0 bridgehead atoms. The Kier molecular flexibility index (Phi) is 3.40. The van der Waals surface area contributed by atoms with Crippen LogP contribution in [-0.4, -0.2) is 19.8 Å². The van der Waals surface area contributed by atoms with Gasteiger partial charge in [-0.1, -0.05) is 43.0 Å². The minimum absolute atomic E-state index is 0.348. The van der Waals surface area contributed by atoms with Crippen LogP contribution in [0.3, 0.4) is 0 Å². The lowest BCUT2D eigenvalue weighted by molar-refractivity contribution is 0.904. The Bertz CT molecular complexity index is 630. The molecular weight excluding hydrogens is 304 g/mol. The van der Waals surface area contributed by atoms with Crippen LogP contribution in [0.5, 0.6) is 0 Å². The van der Waals surface area contributed by atoms with Crippen molar-refractivity contribution in [2.75, 3.05) is 0 Å². The number of nitrogens with zero attached hydrogens (tertiary/aromatic N) is 4. The monoisotopic (exact) mass is 310 g/mol. The molecule has 0 saturated carbocycles. The zero-order chi connectivity index (χ0) is 12.4. The molecule has 2 heterocycles. The van der Waals surface area contributed by atoms with Crippen molar-refractivity contribution in [3.8, 4) is 0 Å². The van der Waals surface area contributed by atoms with E-state index in [1.54, 1.807) is 28.8 Å². The highest BCUT2D eigenvalue weighted by atomic mass is 79.9. The fourth-order valence-electron chi connectivity index (χ4n) is 1.33. The molecule has 0 spiro atoms. The van der Waals surface area contributed by atoms with E-state index in [0.29, 0.717) is 21.1 Å². The smallest absolute Gasteiger partial charge is 0.185 e. The zero-order valence-electron chi connectivity index (χ0n) is 8.77. The molecule has 86 valence electrons. The summed E-state index contributed by atoms with van der Waals surface area (Å²) in [6.07, 6.45) is 5.09. The van der Waals surface area contributed by atoms with Gasteiger partial charge in [-0.05, 0) is 15.9 Å². The number of hydrogen-bond donors (Lipinski definition) is 0. The zero-order valence-corrected chi connectivity index (χ0v) is 11.1. The first-order valence-electron chi connectivity index (χ1n) is 4.70. The van der Waals surface area contributed by atoms with Crippen LogP contribution >= 0.6 is 27.5 Å². The van der Waals surface area contributed by atoms with Crippen LogP contribution in [0.15, 0.2) is 41.9 Å². The van der Waals surface area contributed by atoms with E-state index in [0.717, 1.165) is 5.57 Å². The largest absolute Gasteiger partial charge is 0.191 e. The van der Waals surface area contributed by atoms with E-state index >= 15 is 0 Å². The van der Waals surface area contributed by atoms with Crippen molar-refractivity contribution in [1.29, 1.82) is 0 Å². The molecule has 2 aromatic heterocycles. The van der Waals surface area contributed by atoms with E-state index in [4.69, 9.17) is 11.6 Å². The van der Waals surface area contributed by atoms with Gasteiger partial charge >= 0.3 is 0 Å². The lowest BCUT2D eigenvalue weighted by atomic mass is 10.2. The van der Waals surface area contributed by atoms with Crippen LogP contribution in [0.25, 0.3) is 11.2 Å². The van der Waals surface area contributed by atoms with Gasteiger partial charge in [0.25, 0.3) is 0 Å². The van der Waals surface area contributed by atoms with Crippen LogP contribution in [0.1, 0.15) is 5.82 Å². The maximum absolute atomic E-state index is 5.94. The Morgan fingerprint density at radius 3 is 2.82 bits per heavy atom. The fraction of sp³-hybridized carbons (Fsp3) is 0. The van der Waals surface area contributed by atoms with Gasteiger partial charge in [-0.25, -0.2) is 0 Å². The number of halogens is 2. The molecule has 0 N–H and O–H groups in total. The van der Waals surface area contributed by atoms with Crippen molar-refractivity contribution in [3.63, 3.8) is 0 Å². The molecule has 0 atom stereocenters. The third-order valence-electron chi connectivity index (χ3n) is 2.08. The van der Waals surface area contributed by atoms with Crippen molar-refractivity contribution in [2.45, 2.75) is 0 Å². The number of fused-ring (bicyclic) bond motifs is 1. The quantitative estimate of drug-likeness (QED) is 0.817. The molecule has 2 aromatic rings. The minimum Gasteiger partial charge on any atom is -0.191 e. The highest BCUT2D eigenvalue weighted by molar-refractivity contribution is 9.10. The molecule has 2 rings (SSSR count). The highest BCUT2D eigenvalue weighted by Gasteiger charge is 2.11. The van der Waals surface area contributed by atoms with Crippen molar-refractivity contribution in [1.82, 2.24) is 19.8 Å². The standard InChI is InChI=1S/C11H8BrClN4/c1-3-5-7(4-2)11-15-14-9-6-8(12)10(13)16-17(9)11/h3-6H,1-2H2/b7-5+. The first kappa shape index (κ1) is 12.0. The lowest BCUT2D eigenvalue weighted by Gasteiger charge is -2.00. The molecule has 0 radical (unpaired) electrons. The summed E-state index contributed by atoms with van der Waals surface area (Å²) in [7, 11) is 0. The second kappa shape index (κ2) is 4.81. The maximum Gasteiger partial charge on any atom is 0.185 e. The molecule has 0 aliphatic heterocycles. The number of allylic oxidation sites excluding steroid dienone is 4. The Morgan fingerprint density at radius 1 is 1.41 bits per heavy atom. The molecule has 4 nitrogen and oxygen atoms in total. The molecule has 0 unspecified atom stereocenters. The minimum atomic E-state index is 0.348. The number of aromatic nitrogens is 4. The van der Waals surface area contributed by atoms with Crippen molar-refractivity contribution in [3.05, 3.63) is 52.9 Å². The van der Waals surface area contributed by atoms with Crippen molar-refractivity contribution < 1.29 is 0 Å². The maximum atomic E-state index is 5.94. The van der Waals surface area contributed by atoms with E-state index in [1.807, 2.05) is 0 Å². The molecule has 6 heteroatoms. The first-order valence-corrected chi connectivity index (χ1v) is 5.87. The SMILES string of the molecule is C=C/C=C(\C=C)c1nnc2cc(Br)c(Cl)nn12. The van der Waals surface area contributed by atoms with Crippen LogP contribution in [0.2, 0.25) is 5.15 Å². The Morgan fingerprint density at radius 2 is 2.18 bits per heavy atom. The third-order valence-corrected chi connectivity index (χ3v) is 3.19. The van der Waals surface area contributed by atoms with Crippen LogP contribution in [0.4, 0.5) is 0 Å². The summed E-state index contributed by atoms with van der Waals surface area (Å²) in [5.41, 5.74) is 1.38. The van der Waals surface area contributed by atoms with Crippen LogP contribution in [0, 0.1) is 0 Å². The topological polar surface area (TPSA) is 43.1 Å². The Balaban J connectivity index is 2.71. The fourth-order valence-corrected chi connectivity index (χ4v) is 1.74. The lowest BCUT2D eigenvalue weighted by Crippen LogP contribution is -1.98. The molecule has 0 fully saturated rings. The van der Waals surface area contributed by atoms with Gasteiger partial charge in [-0.2, -0.15) is 9.61 Å². The van der Waals surface area contributed by atoms with E-state index in [1.165, 1.54) is 0 Å². The van der Waals surface area contributed by atoms with Gasteiger partial charge in [-0.3, -0.25) is 0 Å². The summed E-state index contributed by atoms with van der Waals surface area (Å²) in [5.74, 6) is 0.573. The summed E-state index contributed by atoms with van der Waals surface area (Å²) >= 11 is 9.23. The van der Waals surface area contributed by atoms with Crippen LogP contribution in [-0.2, 0) is 0 Å². The van der Waals surface area contributed by atoms with E-state index in [-0.39, 0.29) is 0 Å². The average molecular weight is 312 g/mol. The molecule has 0 aliphatic carbocycles. The number of rotatable bonds is 3. The second-order valence-corrected chi connectivity index (χ2v) is 4.35. The normalized spacial score (nSPS) is 11.8. The highest BCUT2D eigenvalue weighted by Crippen LogP contribution is 2.22. The van der Waals surface area contributed by atoms with Gasteiger partial charge in [0, 0.05) is 11.6 Å². The summed E-state index contributed by atoms with van der Waals surface area (Å²) in [6, 6.07) is 1.75. The molecular formula is C11H8BrClN4. The van der Waals surface area contributed by atoms with E-state index in [9.17, 15) is 0 Å². The van der Waals surface area contributed by atoms with Crippen molar-refractivity contribution >= 4 is 38.8 Å². The molecule has 0 aliphatic rings.